The summed E-state index contributed by atoms with van der Waals surface area (Å²) < 4.78 is 4.98. The van der Waals surface area contributed by atoms with E-state index in [-0.39, 0.29) is 18.4 Å². The predicted octanol–water partition coefficient (Wildman–Crippen LogP) is 2.98. The van der Waals surface area contributed by atoms with Crippen molar-refractivity contribution in [1.29, 1.82) is 0 Å². The molecule has 0 aliphatic rings. The lowest BCUT2D eigenvalue weighted by Gasteiger charge is -2.05. The van der Waals surface area contributed by atoms with Gasteiger partial charge in [0.15, 0.2) is 5.78 Å². The second-order valence-electron chi connectivity index (χ2n) is 4.89. The highest BCUT2D eigenvalue weighted by Gasteiger charge is 2.15. The van der Waals surface area contributed by atoms with E-state index in [1.807, 2.05) is 30.3 Å². The summed E-state index contributed by atoms with van der Waals surface area (Å²) in [7, 11) is 0. The van der Waals surface area contributed by atoms with E-state index < -0.39 is 0 Å². The van der Waals surface area contributed by atoms with Crippen molar-refractivity contribution in [1.82, 2.24) is 9.97 Å². The van der Waals surface area contributed by atoms with Crippen LogP contribution in [0, 0.1) is 0 Å². The first kappa shape index (κ1) is 13.3. The Labute approximate surface area is 120 Å². The number of H-pyrrole nitrogens is 1. The molecule has 0 spiro atoms. The third-order valence-corrected chi connectivity index (χ3v) is 3.31. The fourth-order valence-electron chi connectivity index (χ4n) is 2.40. The van der Waals surface area contributed by atoms with Crippen LogP contribution in [0.25, 0.3) is 21.8 Å². The normalized spacial score (nSPS) is 11.0. The number of carbonyl (C=O) groups is 2. The molecule has 2 aromatic heterocycles. The first-order valence-electron chi connectivity index (χ1n) is 6.61. The van der Waals surface area contributed by atoms with Crippen LogP contribution in [0.1, 0.15) is 30.0 Å². The third kappa shape index (κ3) is 2.38. The molecule has 0 atom stereocenters. The van der Waals surface area contributed by atoms with Crippen LogP contribution >= 0.6 is 0 Å². The van der Waals surface area contributed by atoms with E-state index >= 15 is 0 Å². The van der Waals surface area contributed by atoms with Crippen molar-refractivity contribution in [2.45, 2.75) is 20.5 Å². The van der Waals surface area contributed by atoms with Gasteiger partial charge in [0, 0.05) is 30.1 Å². The fourth-order valence-corrected chi connectivity index (χ4v) is 2.40. The first-order valence-corrected chi connectivity index (χ1v) is 6.61. The van der Waals surface area contributed by atoms with Gasteiger partial charge in [-0.1, -0.05) is 18.2 Å². The maximum absolute atomic E-state index is 11.8. The lowest BCUT2D eigenvalue weighted by atomic mass is 10.1. The molecule has 21 heavy (non-hydrogen) atoms. The van der Waals surface area contributed by atoms with Gasteiger partial charge in [-0.05, 0) is 12.1 Å². The highest BCUT2D eigenvalue weighted by Crippen LogP contribution is 2.28. The van der Waals surface area contributed by atoms with Crippen molar-refractivity contribution >= 4 is 33.6 Å². The van der Waals surface area contributed by atoms with Crippen molar-refractivity contribution in [3.8, 4) is 0 Å². The van der Waals surface area contributed by atoms with Gasteiger partial charge < -0.3 is 9.72 Å². The molecular weight excluding hydrogens is 268 g/mol. The minimum Gasteiger partial charge on any atom is -0.459 e. The number of hydrogen-bond donors (Lipinski definition) is 1. The number of hydrogen-bond acceptors (Lipinski definition) is 4. The van der Waals surface area contributed by atoms with Gasteiger partial charge in [-0.2, -0.15) is 0 Å². The molecule has 106 valence electrons. The zero-order valence-corrected chi connectivity index (χ0v) is 11.8. The smallest absolute Gasteiger partial charge is 0.303 e. The van der Waals surface area contributed by atoms with Gasteiger partial charge in [0.2, 0.25) is 0 Å². The number of ketones is 1. The number of rotatable bonds is 3. The Kier molecular flexibility index (Phi) is 3.17. The summed E-state index contributed by atoms with van der Waals surface area (Å²) in [4.78, 5) is 30.3. The molecule has 0 bridgehead atoms. The molecular formula is C16H14N2O3. The highest BCUT2D eigenvalue weighted by atomic mass is 16.5. The molecule has 5 nitrogen and oxygen atoms in total. The Morgan fingerprint density at radius 1 is 1.19 bits per heavy atom. The number of benzene rings is 1. The Morgan fingerprint density at radius 2 is 1.95 bits per heavy atom. The summed E-state index contributed by atoms with van der Waals surface area (Å²) in [5, 5.41) is 1.93. The molecule has 0 aliphatic carbocycles. The second kappa shape index (κ2) is 5.01. The third-order valence-electron chi connectivity index (χ3n) is 3.31. The standard InChI is InChI=1S/C16H14N2O3/c1-9(19)15-16-13(7-11(17-15)8-21-10(2)20)12-5-3-4-6-14(12)18-16/h3-7,18H,8H2,1-2H3. The van der Waals surface area contributed by atoms with Gasteiger partial charge in [-0.15, -0.1) is 0 Å². The molecule has 0 fully saturated rings. The Balaban J connectivity index is 2.25. The van der Waals surface area contributed by atoms with Gasteiger partial charge in [0.1, 0.15) is 12.3 Å². The Morgan fingerprint density at radius 3 is 2.67 bits per heavy atom. The molecule has 0 saturated carbocycles. The number of Topliss-reactive ketones (excluding diaryl/α,β-unsaturated/α-hetero) is 1. The molecule has 3 rings (SSSR count). The maximum Gasteiger partial charge on any atom is 0.303 e. The number of nitrogens with zero attached hydrogens (tertiary/aromatic N) is 1. The van der Waals surface area contributed by atoms with Crippen LogP contribution in [0.5, 0.6) is 0 Å². The number of ether oxygens (including phenoxy) is 1. The van der Waals surface area contributed by atoms with E-state index in [1.165, 1.54) is 13.8 Å². The predicted molar refractivity (Wildman–Crippen MR) is 79.1 cm³/mol. The van der Waals surface area contributed by atoms with E-state index in [9.17, 15) is 9.59 Å². The average molecular weight is 282 g/mol. The number of aromatic nitrogens is 2. The lowest BCUT2D eigenvalue weighted by molar-refractivity contribution is -0.142. The number of esters is 1. The van der Waals surface area contributed by atoms with Crippen LogP contribution in [-0.2, 0) is 16.1 Å². The molecule has 0 radical (unpaired) electrons. The van der Waals surface area contributed by atoms with Crippen molar-refractivity contribution in [2.24, 2.45) is 0 Å². The molecule has 0 amide bonds. The Bertz CT molecular complexity index is 864. The summed E-state index contributed by atoms with van der Waals surface area (Å²) in [5.74, 6) is -0.503. The first-order chi connectivity index (χ1) is 10.1. The zero-order valence-electron chi connectivity index (χ0n) is 11.8. The van der Waals surface area contributed by atoms with Crippen molar-refractivity contribution in [2.75, 3.05) is 0 Å². The van der Waals surface area contributed by atoms with Gasteiger partial charge in [-0.3, -0.25) is 9.59 Å². The molecule has 3 aromatic rings. The number of nitrogens with one attached hydrogen (secondary N) is 1. The van der Waals surface area contributed by atoms with Crippen molar-refractivity contribution in [3.63, 3.8) is 0 Å². The molecule has 1 N–H and O–H groups in total. The average Bonchev–Trinajstić information content (AvgIpc) is 2.82. The number of aromatic amines is 1. The van der Waals surface area contributed by atoms with E-state index in [4.69, 9.17) is 4.74 Å². The van der Waals surface area contributed by atoms with Crippen LogP contribution in [0.3, 0.4) is 0 Å². The number of fused-ring (bicyclic) bond motifs is 3. The van der Waals surface area contributed by atoms with Gasteiger partial charge in [0.05, 0.1) is 11.2 Å². The van der Waals surface area contributed by atoms with Crippen LogP contribution in [-0.4, -0.2) is 21.7 Å². The monoisotopic (exact) mass is 282 g/mol. The quantitative estimate of drug-likeness (QED) is 0.592. The SMILES string of the molecule is CC(=O)OCc1cc2c([nH]c3ccccc32)c(C(C)=O)n1. The largest absolute Gasteiger partial charge is 0.459 e. The van der Waals surface area contributed by atoms with Crippen LogP contribution in [0.15, 0.2) is 30.3 Å². The maximum atomic E-state index is 11.8. The lowest BCUT2D eigenvalue weighted by Crippen LogP contribution is -2.05. The van der Waals surface area contributed by atoms with E-state index in [1.54, 1.807) is 0 Å². The Hall–Kier alpha value is -2.69. The molecule has 2 heterocycles. The molecule has 0 saturated heterocycles. The number of pyridine rings is 1. The van der Waals surface area contributed by atoms with Crippen molar-refractivity contribution < 1.29 is 14.3 Å². The summed E-state index contributed by atoms with van der Waals surface area (Å²) in [5.41, 5.74) is 2.59. The van der Waals surface area contributed by atoms with Crippen LogP contribution in [0.2, 0.25) is 0 Å². The second-order valence-corrected chi connectivity index (χ2v) is 4.89. The van der Waals surface area contributed by atoms with Crippen LogP contribution in [0.4, 0.5) is 0 Å². The summed E-state index contributed by atoms with van der Waals surface area (Å²) in [6, 6.07) is 9.65. The van der Waals surface area contributed by atoms with Crippen LogP contribution < -0.4 is 0 Å². The van der Waals surface area contributed by atoms with Gasteiger partial charge in [0.25, 0.3) is 0 Å². The molecule has 1 aromatic carbocycles. The fraction of sp³-hybridized carbons (Fsp3) is 0.188. The van der Waals surface area contributed by atoms with E-state index in [0.717, 1.165) is 21.8 Å². The van der Waals surface area contributed by atoms with E-state index in [2.05, 4.69) is 9.97 Å². The van der Waals surface area contributed by atoms with Gasteiger partial charge >= 0.3 is 5.97 Å². The topological polar surface area (TPSA) is 72.1 Å². The molecule has 0 aliphatic heterocycles. The number of carbonyl (C=O) groups excluding carboxylic acids is 2. The summed E-state index contributed by atoms with van der Waals surface area (Å²) >= 11 is 0. The molecule has 0 unspecified atom stereocenters. The minimum atomic E-state index is -0.375. The van der Waals surface area contributed by atoms with Crippen molar-refractivity contribution in [3.05, 3.63) is 41.7 Å². The summed E-state index contributed by atoms with van der Waals surface area (Å²) in [6.07, 6.45) is 0. The molecule has 5 heteroatoms. The minimum absolute atomic E-state index is 0.0606. The summed E-state index contributed by atoms with van der Waals surface area (Å²) in [6.45, 7) is 2.88. The van der Waals surface area contributed by atoms with E-state index in [0.29, 0.717) is 11.4 Å². The van der Waals surface area contributed by atoms with Gasteiger partial charge in [-0.25, -0.2) is 4.98 Å². The zero-order chi connectivity index (χ0) is 15.0. The number of para-hydroxylation sites is 1. The highest BCUT2D eigenvalue weighted by molar-refractivity contribution is 6.14.